The van der Waals surface area contributed by atoms with Crippen molar-refractivity contribution in [3.63, 3.8) is 0 Å². The minimum Gasteiger partial charge on any atom is -0.367 e. The fraction of sp³-hybridized carbons (Fsp3) is 0.345. The van der Waals surface area contributed by atoms with E-state index in [-0.39, 0.29) is 11.8 Å². The largest absolute Gasteiger partial charge is 0.367 e. The van der Waals surface area contributed by atoms with E-state index in [9.17, 15) is 9.59 Å². The number of hydrogen-bond acceptors (Lipinski definition) is 6. The predicted molar refractivity (Wildman–Crippen MR) is 153 cm³/mol. The van der Waals surface area contributed by atoms with Gasteiger partial charge in [0.1, 0.15) is 0 Å². The summed E-state index contributed by atoms with van der Waals surface area (Å²) in [5.41, 5.74) is 3.51. The zero-order valence-corrected chi connectivity index (χ0v) is 22.7. The lowest BCUT2D eigenvalue weighted by Crippen LogP contribution is -2.48. The molecule has 1 aliphatic heterocycles. The van der Waals surface area contributed by atoms with E-state index in [1.165, 1.54) is 0 Å². The Balaban J connectivity index is 1.47. The molecule has 2 heterocycles. The number of amides is 2. The van der Waals surface area contributed by atoms with E-state index in [1.54, 1.807) is 30.6 Å². The Morgan fingerprint density at radius 3 is 2.39 bits per heavy atom. The quantitative estimate of drug-likeness (QED) is 0.413. The second kappa shape index (κ2) is 13.4. The van der Waals surface area contributed by atoms with Crippen LogP contribution in [0.1, 0.15) is 26.3 Å². The fourth-order valence-corrected chi connectivity index (χ4v) is 4.65. The van der Waals surface area contributed by atoms with Gasteiger partial charge in [-0.3, -0.25) is 19.5 Å². The van der Waals surface area contributed by atoms with Gasteiger partial charge in [0.05, 0.1) is 11.4 Å². The molecule has 4 rings (SSSR count). The minimum atomic E-state index is -0.241. The lowest BCUT2D eigenvalue weighted by Gasteiger charge is -2.37. The van der Waals surface area contributed by atoms with Crippen LogP contribution in [-0.2, 0) is 6.42 Å². The number of likely N-dealkylation sites (N-methyl/N-ethyl adjacent to an activating group) is 1. The maximum Gasteiger partial charge on any atom is 0.255 e. The highest BCUT2D eigenvalue weighted by molar-refractivity contribution is 6.31. The summed E-state index contributed by atoms with van der Waals surface area (Å²) < 4.78 is 0. The van der Waals surface area contributed by atoms with Gasteiger partial charge < -0.3 is 20.4 Å². The highest BCUT2D eigenvalue weighted by Crippen LogP contribution is 2.29. The third-order valence-corrected chi connectivity index (χ3v) is 7.03. The van der Waals surface area contributed by atoms with Crippen LogP contribution < -0.4 is 15.5 Å². The Labute approximate surface area is 229 Å². The van der Waals surface area contributed by atoms with E-state index in [1.807, 2.05) is 36.4 Å². The van der Waals surface area contributed by atoms with Crippen molar-refractivity contribution in [3.05, 3.63) is 88.7 Å². The molecule has 9 heteroatoms. The lowest BCUT2D eigenvalue weighted by molar-refractivity contribution is 0.0952. The molecule has 3 aromatic rings. The first-order chi connectivity index (χ1) is 18.4. The molecule has 200 valence electrons. The highest BCUT2D eigenvalue weighted by Gasteiger charge is 2.21. The van der Waals surface area contributed by atoms with Gasteiger partial charge in [-0.15, -0.1) is 0 Å². The topological polar surface area (TPSA) is 80.8 Å². The number of piperazine rings is 1. The van der Waals surface area contributed by atoms with Crippen LogP contribution in [0.3, 0.4) is 0 Å². The summed E-state index contributed by atoms with van der Waals surface area (Å²) in [4.78, 5) is 36.9. The summed E-state index contributed by atoms with van der Waals surface area (Å²) >= 11 is 6.24. The Morgan fingerprint density at radius 1 is 0.947 bits per heavy atom. The average molecular weight is 535 g/mol. The second-order valence-electron chi connectivity index (χ2n) is 9.65. The van der Waals surface area contributed by atoms with E-state index >= 15 is 0 Å². The van der Waals surface area contributed by atoms with Crippen molar-refractivity contribution in [1.29, 1.82) is 0 Å². The van der Waals surface area contributed by atoms with Crippen LogP contribution in [0.5, 0.6) is 0 Å². The van der Waals surface area contributed by atoms with Crippen molar-refractivity contribution in [3.8, 4) is 0 Å². The normalized spacial score (nSPS) is 13.9. The van der Waals surface area contributed by atoms with Crippen LogP contribution >= 0.6 is 11.6 Å². The number of hydrogen-bond donors (Lipinski definition) is 2. The molecule has 1 aromatic heterocycles. The van der Waals surface area contributed by atoms with E-state index in [0.717, 1.165) is 50.5 Å². The number of pyridine rings is 1. The number of carbonyl (C=O) groups excluding carboxylic acids is 2. The highest BCUT2D eigenvalue weighted by atomic mass is 35.5. The molecule has 1 saturated heterocycles. The maximum absolute atomic E-state index is 13.0. The zero-order valence-electron chi connectivity index (χ0n) is 22.0. The van der Waals surface area contributed by atoms with Gasteiger partial charge >= 0.3 is 0 Å². The standard InChI is InChI=1S/C29H35ClN6O2/c1-34(2)15-16-35-17-19-36(20-18-35)27-8-7-24(21-26(27)33-29(38)23-9-12-31-13-10-23)28(37)32-14-11-22-5-3-4-6-25(22)30/h3-10,12-13,21H,11,14-20H2,1-2H3,(H,32,37)(H,33,38). The molecule has 38 heavy (non-hydrogen) atoms. The third-order valence-electron chi connectivity index (χ3n) is 6.66. The molecule has 0 spiro atoms. The first kappa shape index (κ1) is 27.6. The first-order valence-corrected chi connectivity index (χ1v) is 13.3. The molecule has 0 radical (unpaired) electrons. The molecule has 8 nitrogen and oxygen atoms in total. The van der Waals surface area contributed by atoms with Gasteiger partial charge in [0.15, 0.2) is 0 Å². The molecule has 0 unspecified atom stereocenters. The van der Waals surface area contributed by atoms with Crippen LogP contribution in [0.4, 0.5) is 11.4 Å². The zero-order chi connectivity index (χ0) is 26.9. The van der Waals surface area contributed by atoms with Crippen molar-refractivity contribution < 1.29 is 9.59 Å². The van der Waals surface area contributed by atoms with Crippen molar-refractivity contribution in [2.45, 2.75) is 6.42 Å². The van der Waals surface area contributed by atoms with E-state index in [0.29, 0.717) is 34.8 Å². The van der Waals surface area contributed by atoms with Crippen LogP contribution in [0.2, 0.25) is 5.02 Å². The molecule has 0 aliphatic carbocycles. The summed E-state index contributed by atoms with van der Waals surface area (Å²) in [6.07, 6.45) is 3.81. The van der Waals surface area contributed by atoms with E-state index in [2.05, 4.69) is 44.4 Å². The number of benzene rings is 2. The molecule has 1 aliphatic rings. The fourth-order valence-electron chi connectivity index (χ4n) is 4.42. The van der Waals surface area contributed by atoms with Gasteiger partial charge in [0.2, 0.25) is 0 Å². The molecule has 2 N–H and O–H groups in total. The van der Waals surface area contributed by atoms with Crippen molar-refractivity contribution in [1.82, 2.24) is 20.1 Å². The number of rotatable bonds is 10. The number of nitrogens with one attached hydrogen (secondary N) is 2. The van der Waals surface area contributed by atoms with Crippen LogP contribution in [-0.4, -0.2) is 86.5 Å². The van der Waals surface area contributed by atoms with Crippen molar-refractivity contribution in [2.24, 2.45) is 0 Å². The monoisotopic (exact) mass is 534 g/mol. The van der Waals surface area contributed by atoms with Gasteiger partial charge in [-0.2, -0.15) is 0 Å². The molecule has 2 amide bonds. The summed E-state index contributed by atoms with van der Waals surface area (Å²) in [6, 6.07) is 16.5. The first-order valence-electron chi connectivity index (χ1n) is 12.9. The van der Waals surface area contributed by atoms with Gasteiger partial charge in [-0.05, 0) is 62.5 Å². The number of aromatic nitrogens is 1. The van der Waals surface area contributed by atoms with Crippen molar-refractivity contribution >= 4 is 34.8 Å². The van der Waals surface area contributed by atoms with Crippen LogP contribution in [0.15, 0.2) is 67.0 Å². The van der Waals surface area contributed by atoms with Crippen LogP contribution in [0, 0.1) is 0 Å². The SMILES string of the molecule is CN(C)CCN1CCN(c2ccc(C(=O)NCCc3ccccc3Cl)cc2NC(=O)c2ccncc2)CC1. The molecule has 0 saturated carbocycles. The lowest BCUT2D eigenvalue weighted by atomic mass is 10.1. The number of carbonyl (C=O) groups is 2. The molecular weight excluding hydrogens is 500 g/mol. The van der Waals surface area contributed by atoms with E-state index < -0.39 is 0 Å². The predicted octanol–water partition coefficient (Wildman–Crippen LogP) is 3.64. The number of halogens is 1. The Kier molecular flexibility index (Phi) is 9.70. The molecular formula is C29H35ClN6O2. The Morgan fingerprint density at radius 2 is 1.68 bits per heavy atom. The minimum absolute atomic E-state index is 0.198. The van der Waals surface area contributed by atoms with Gasteiger partial charge in [0, 0.05) is 74.4 Å². The van der Waals surface area contributed by atoms with Gasteiger partial charge in [0.25, 0.3) is 11.8 Å². The summed E-state index contributed by atoms with van der Waals surface area (Å²) in [7, 11) is 4.17. The summed E-state index contributed by atoms with van der Waals surface area (Å²) in [6.45, 7) is 6.07. The molecule has 0 bridgehead atoms. The van der Waals surface area contributed by atoms with Crippen molar-refractivity contribution in [2.75, 3.05) is 70.1 Å². The maximum atomic E-state index is 13.0. The average Bonchev–Trinajstić information content (AvgIpc) is 2.93. The number of nitrogens with zero attached hydrogens (tertiary/aromatic N) is 4. The third kappa shape index (κ3) is 7.54. The van der Waals surface area contributed by atoms with E-state index in [4.69, 9.17) is 11.6 Å². The number of anilines is 2. The second-order valence-corrected chi connectivity index (χ2v) is 10.1. The van der Waals surface area contributed by atoms with Gasteiger partial charge in [-0.25, -0.2) is 0 Å². The Hall–Kier alpha value is -3.46. The van der Waals surface area contributed by atoms with Gasteiger partial charge in [-0.1, -0.05) is 29.8 Å². The molecule has 0 atom stereocenters. The summed E-state index contributed by atoms with van der Waals surface area (Å²) in [5.74, 6) is -0.439. The molecule has 2 aromatic carbocycles. The summed E-state index contributed by atoms with van der Waals surface area (Å²) in [5, 5.41) is 6.69. The Bertz CT molecular complexity index is 1230. The van der Waals surface area contributed by atoms with Crippen LogP contribution in [0.25, 0.3) is 0 Å². The smallest absolute Gasteiger partial charge is 0.255 e. The molecule has 1 fully saturated rings.